The van der Waals surface area contributed by atoms with Crippen LogP contribution in [0.5, 0.6) is 0 Å². The van der Waals surface area contributed by atoms with Crippen molar-refractivity contribution in [2.24, 2.45) is 0 Å². The number of hydrogen-bond acceptors (Lipinski definition) is 9. The van der Waals surface area contributed by atoms with Gasteiger partial charge in [0.05, 0.1) is 36.1 Å². The van der Waals surface area contributed by atoms with E-state index in [1.807, 2.05) is 29.2 Å². The highest BCUT2D eigenvalue weighted by Crippen LogP contribution is 2.37. The Bertz CT molecular complexity index is 1160. The van der Waals surface area contributed by atoms with Gasteiger partial charge in [-0.1, -0.05) is 18.2 Å². The van der Waals surface area contributed by atoms with E-state index in [1.54, 1.807) is 11.3 Å². The van der Waals surface area contributed by atoms with Gasteiger partial charge >= 0.3 is 0 Å². The molecule has 2 aliphatic rings. The zero-order chi connectivity index (χ0) is 23.5. The zero-order valence-corrected chi connectivity index (χ0v) is 20.7. The van der Waals surface area contributed by atoms with Crippen LogP contribution in [0.4, 0.5) is 5.82 Å². The lowest BCUT2D eigenvalue weighted by molar-refractivity contribution is 0.122. The van der Waals surface area contributed by atoms with Gasteiger partial charge in [0.25, 0.3) is 0 Å². The molecule has 34 heavy (non-hydrogen) atoms. The number of pyridine rings is 1. The summed E-state index contributed by atoms with van der Waals surface area (Å²) < 4.78 is 28.7. The number of anilines is 1. The molecule has 3 aromatic rings. The maximum atomic E-state index is 11.0. The first-order chi connectivity index (χ1) is 16.6. The summed E-state index contributed by atoms with van der Waals surface area (Å²) in [4.78, 5) is 13.1. The predicted molar refractivity (Wildman–Crippen MR) is 135 cm³/mol. The van der Waals surface area contributed by atoms with Crippen molar-refractivity contribution in [3.05, 3.63) is 46.8 Å². The third-order valence-corrected chi connectivity index (χ3v) is 8.09. The second kappa shape index (κ2) is 10.8. The lowest BCUT2D eigenvalue weighted by Gasteiger charge is -2.34. The van der Waals surface area contributed by atoms with Crippen LogP contribution in [0.2, 0.25) is 0 Å². The lowest BCUT2D eigenvalue weighted by Crippen LogP contribution is -2.46. The van der Waals surface area contributed by atoms with Crippen LogP contribution in [0, 0.1) is 0 Å². The summed E-state index contributed by atoms with van der Waals surface area (Å²) in [5, 5.41) is 10.8. The largest absolute Gasteiger partial charge is 0.771 e. The fourth-order valence-electron chi connectivity index (χ4n) is 4.58. The van der Waals surface area contributed by atoms with Gasteiger partial charge in [0.2, 0.25) is 0 Å². The maximum Gasteiger partial charge on any atom is 0.147 e. The molecule has 5 rings (SSSR count). The molecular weight excluding hydrogens is 472 g/mol. The molecule has 1 unspecified atom stereocenters. The third-order valence-electron chi connectivity index (χ3n) is 6.38. The summed E-state index contributed by atoms with van der Waals surface area (Å²) in [5.41, 5.74) is 2.79. The number of hydrogen-bond donors (Lipinski definition) is 1. The number of morpholine rings is 1. The highest BCUT2D eigenvalue weighted by molar-refractivity contribution is 7.79. The monoisotopic (exact) mass is 501 g/mol. The molecule has 1 atom stereocenters. The maximum absolute atomic E-state index is 11.0. The van der Waals surface area contributed by atoms with Crippen LogP contribution in [0.15, 0.2) is 36.4 Å². The summed E-state index contributed by atoms with van der Waals surface area (Å²) in [6.07, 6.45) is 0. The number of aliphatic hydroxyl groups is 1. The normalized spacial score (nSPS) is 19.1. The van der Waals surface area contributed by atoms with Gasteiger partial charge in [-0.25, -0.2) is 4.98 Å². The first kappa shape index (κ1) is 23.8. The molecule has 0 radical (unpaired) electrons. The Kier molecular flexibility index (Phi) is 7.55. The van der Waals surface area contributed by atoms with Gasteiger partial charge in [-0.15, -0.1) is 11.3 Å². The summed E-state index contributed by atoms with van der Waals surface area (Å²) in [5.74, 6) is 1.12. The fraction of sp³-hybridized carbons (Fsp3) is 0.458. The number of benzene rings is 1. The van der Waals surface area contributed by atoms with E-state index in [1.165, 1.54) is 15.0 Å². The zero-order valence-electron chi connectivity index (χ0n) is 19.0. The van der Waals surface area contributed by atoms with E-state index in [-0.39, 0.29) is 12.5 Å². The van der Waals surface area contributed by atoms with Crippen LogP contribution in [-0.4, -0.2) is 87.0 Å². The van der Waals surface area contributed by atoms with Gasteiger partial charge < -0.3 is 19.3 Å². The molecule has 10 heteroatoms. The number of aromatic nitrogens is 1. The topological polar surface area (TPSA) is 92.2 Å². The highest BCUT2D eigenvalue weighted by atomic mass is 32.2. The van der Waals surface area contributed by atoms with Crippen LogP contribution in [0.3, 0.4) is 0 Å². The Morgan fingerprint density at radius 1 is 1.06 bits per heavy atom. The van der Waals surface area contributed by atoms with E-state index in [4.69, 9.17) is 9.72 Å². The Balaban J connectivity index is 1.43. The Morgan fingerprint density at radius 2 is 1.82 bits per heavy atom. The van der Waals surface area contributed by atoms with Crippen LogP contribution in [-0.2, 0) is 29.0 Å². The molecule has 182 valence electrons. The second-order valence-electron chi connectivity index (χ2n) is 8.75. The third kappa shape index (κ3) is 5.49. The minimum atomic E-state index is -2.02. The van der Waals surface area contributed by atoms with E-state index in [2.05, 4.69) is 21.9 Å². The van der Waals surface area contributed by atoms with Crippen LogP contribution in [0.1, 0.15) is 10.4 Å². The minimum Gasteiger partial charge on any atom is -0.771 e. The van der Waals surface area contributed by atoms with E-state index in [0.29, 0.717) is 13.2 Å². The van der Waals surface area contributed by atoms with Crippen LogP contribution < -0.4 is 4.90 Å². The van der Waals surface area contributed by atoms with Crippen LogP contribution in [0.25, 0.3) is 21.3 Å². The van der Waals surface area contributed by atoms with Crippen molar-refractivity contribution < 1.29 is 18.6 Å². The number of nitrogens with zero attached hydrogens (tertiary/aromatic N) is 4. The average Bonchev–Trinajstić information content (AvgIpc) is 3.27. The molecule has 4 heterocycles. The molecule has 0 aliphatic carbocycles. The van der Waals surface area contributed by atoms with E-state index in [0.717, 1.165) is 68.5 Å². The first-order valence-corrected chi connectivity index (χ1v) is 13.6. The van der Waals surface area contributed by atoms with Gasteiger partial charge in [0.1, 0.15) is 5.82 Å². The molecular formula is C24H29N4O4S2-. The number of aliphatic hydroxyl groups excluding tert-OH is 1. The second-order valence-corrected chi connectivity index (χ2v) is 10.7. The number of ether oxygens (including phenoxy) is 1. The molecule has 0 spiro atoms. The van der Waals surface area contributed by atoms with Gasteiger partial charge in [0.15, 0.2) is 0 Å². The summed E-state index contributed by atoms with van der Waals surface area (Å²) in [7, 11) is 0. The minimum absolute atomic E-state index is 0.00694. The standard InChI is InChI=1S/C24H30N4O4S2/c29-16-18-2-1-3-19(12-18)22-14-20-13-21(15-26-4-6-27(7-5-26)17-34(30)31)33-23(20)24(25-22)28-8-10-32-11-9-28/h1-3,12-14,29H,4-11,15-17H2,(H,30,31)/p-1. The summed E-state index contributed by atoms with van der Waals surface area (Å²) in [6, 6.07) is 12.3. The number of thiophene rings is 1. The first-order valence-electron chi connectivity index (χ1n) is 11.6. The van der Waals surface area contributed by atoms with Crippen molar-refractivity contribution in [3.8, 4) is 11.3 Å². The molecule has 2 saturated heterocycles. The van der Waals surface area contributed by atoms with Crippen molar-refractivity contribution in [1.82, 2.24) is 14.8 Å². The molecule has 2 fully saturated rings. The van der Waals surface area contributed by atoms with Crippen molar-refractivity contribution >= 4 is 38.3 Å². The number of rotatable bonds is 7. The summed E-state index contributed by atoms with van der Waals surface area (Å²) >= 11 is -0.228. The van der Waals surface area contributed by atoms with E-state index in [9.17, 15) is 13.9 Å². The van der Waals surface area contributed by atoms with Crippen molar-refractivity contribution in [3.63, 3.8) is 0 Å². The van der Waals surface area contributed by atoms with E-state index < -0.39 is 11.1 Å². The molecule has 8 nitrogen and oxygen atoms in total. The Hall–Kier alpha value is -1.92. The molecule has 1 aromatic carbocycles. The van der Waals surface area contributed by atoms with Gasteiger partial charge in [0, 0.05) is 56.3 Å². The van der Waals surface area contributed by atoms with Crippen LogP contribution >= 0.6 is 11.3 Å². The molecule has 2 aliphatic heterocycles. The molecule has 0 amide bonds. The molecule has 0 saturated carbocycles. The average molecular weight is 502 g/mol. The van der Waals surface area contributed by atoms with Gasteiger partial charge in [-0.3, -0.25) is 14.0 Å². The fourth-order valence-corrected chi connectivity index (χ4v) is 6.33. The molecule has 2 aromatic heterocycles. The smallest absolute Gasteiger partial charge is 0.147 e. The molecule has 1 N–H and O–H groups in total. The quantitative estimate of drug-likeness (QED) is 0.493. The lowest BCUT2D eigenvalue weighted by atomic mass is 10.1. The SMILES string of the molecule is O=S([O-])CN1CCN(Cc2cc3cc(-c4cccc(CO)c4)nc(N4CCOCC4)c3s2)CC1. The Labute approximate surface area is 206 Å². The number of piperazine rings is 1. The highest BCUT2D eigenvalue weighted by Gasteiger charge is 2.21. The Morgan fingerprint density at radius 3 is 2.56 bits per heavy atom. The van der Waals surface area contributed by atoms with Crippen molar-refractivity contribution in [2.45, 2.75) is 13.2 Å². The van der Waals surface area contributed by atoms with Gasteiger partial charge in [-0.2, -0.15) is 0 Å². The van der Waals surface area contributed by atoms with Gasteiger partial charge in [-0.05, 0) is 40.2 Å². The predicted octanol–water partition coefficient (Wildman–Crippen LogP) is 2.25. The van der Waals surface area contributed by atoms with E-state index >= 15 is 0 Å². The van der Waals surface area contributed by atoms with Crippen molar-refractivity contribution in [1.29, 1.82) is 0 Å². The number of fused-ring (bicyclic) bond motifs is 1. The summed E-state index contributed by atoms with van der Waals surface area (Å²) in [6.45, 7) is 7.15. The molecule has 0 bridgehead atoms. The van der Waals surface area contributed by atoms with Crippen molar-refractivity contribution in [2.75, 3.05) is 63.3 Å².